The second-order valence-corrected chi connectivity index (χ2v) is 6.93. The fourth-order valence-electron chi connectivity index (χ4n) is 2.86. The number of fused-ring (bicyclic) bond motifs is 1. The Balaban J connectivity index is 1.91. The minimum atomic E-state index is -0.765. The fourth-order valence-corrected chi connectivity index (χ4v) is 3.63. The van der Waals surface area contributed by atoms with Gasteiger partial charge in [0.15, 0.2) is 0 Å². The summed E-state index contributed by atoms with van der Waals surface area (Å²) < 4.78 is 0. The summed E-state index contributed by atoms with van der Waals surface area (Å²) in [5, 5.41) is 2.99. The number of hydrogen-bond donors (Lipinski definition) is 3. The Morgan fingerprint density at radius 2 is 2.17 bits per heavy atom. The van der Waals surface area contributed by atoms with Crippen LogP contribution in [0.2, 0.25) is 0 Å². The highest BCUT2D eigenvalue weighted by Crippen LogP contribution is 2.29. The summed E-state index contributed by atoms with van der Waals surface area (Å²) >= 11 is 1.43. The molecule has 4 N–H and O–H groups in total. The fraction of sp³-hybridized carbons (Fsp3) is 0.312. The first-order valence-electron chi connectivity index (χ1n) is 7.39. The first-order chi connectivity index (χ1) is 11.0. The van der Waals surface area contributed by atoms with Gasteiger partial charge in [-0.1, -0.05) is 0 Å². The number of thiophene rings is 1. The van der Waals surface area contributed by atoms with E-state index < -0.39 is 11.5 Å². The van der Waals surface area contributed by atoms with Gasteiger partial charge in [-0.15, -0.1) is 11.3 Å². The van der Waals surface area contributed by atoms with Crippen molar-refractivity contribution in [2.75, 3.05) is 0 Å². The van der Waals surface area contributed by atoms with E-state index in [4.69, 9.17) is 5.73 Å². The molecule has 2 aromatic rings. The summed E-state index contributed by atoms with van der Waals surface area (Å²) in [6.07, 6.45) is 2.33. The van der Waals surface area contributed by atoms with Gasteiger partial charge < -0.3 is 16.0 Å². The van der Waals surface area contributed by atoms with Crippen molar-refractivity contribution in [1.29, 1.82) is 0 Å². The van der Waals surface area contributed by atoms with Crippen LogP contribution in [0.5, 0.6) is 0 Å². The van der Waals surface area contributed by atoms with Gasteiger partial charge in [0.05, 0.1) is 10.9 Å². The van der Waals surface area contributed by atoms with Crippen LogP contribution >= 0.6 is 11.3 Å². The van der Waals surface area contributed by atoms with E-state index >= 15 is 0 Å². The number of primary amides is 1. The number of pyridine rings is 1. The molecule has 0 aliphatic heterocycles. The zero-order valence-corrected chi connectivity index (χ0v) is 13.5. The van der Waals surface area contributed by atoms with E-state index in [0.717, 1.165) is 29.0 Å². The number of aromatic amines is 1. The highest BCUT2D eigenvalue weighted by molar-refractivity contribution is 7.13. The molecule has 0 saturated heterocycles. The van der Waals surface area contributed by atoms with E-state index in [-0.39, 0.29) is 17.5 Å². The van der Waals surface area contributed by atoms with Crippen LogP contribution in [0.3, 0.4) is 0 Å². The number of amides is 2. The molecule has 23 heavy (non-hydrogen) atoms. The summed E-state index contributed by atoms with van der Waals surface area (Å²) in [5.41, 5.74) is 6.23. The van der Waals surface area contributed by atoms with Crippen LogP contribution in [0, 0.1) is 6.92 Å². The van der Waals surface area contributed by atoms with E-state index in [2.05, 4.69) is 10.3 Å². The summed E-state index contributed by atoms with van der Waals surface area (Å²) in [6, 6.07) is 4.97. The lowest BCUT2D eigenvalue weighted by atomic mass is 9.90. The van der Waals surface area contributed by atoms with Gasteiger partial charge in [0.2, 0.25) is 0 Å². The molecule has 0 fully saturated rings. The van der Waals surface area contributed by atoms with Gasteiger partial charge >= 0.3 is 0 Å². The van der Waals surface area contributed by atoms with E-state index in [9.17, 15) is 14.4 Å². The number of carbonyl (C=O) groups is 2. The van der Waals surface area contributed by atoms with E-state index in [1.807, 2.05) is 13.0 Å². The molecule has 0 aromatic carbocycles. The maximum atomic E-state index is 12.4. The predicted molar refractivity (Wildman–Crippen MR) is 87.8 cm³/mol. The van der Waals surface area contributed by atoms with Gasteiger partial charge in [0, 0.05) is 10.6 Å². The Labute approximate surface area is 136 Å². The number of aryl methyl sites for hydroxylation is 2. The Bertz CT molecular complexity index is 837. The third-order valence-corrected chi connectivity index (χ3v) is 4.99. The van der Waals surface area contributed by atoms with Gasteiger partial charge in [-0.2, -0.15) is 0 Å². The minimum absolute atomic E-state index is 0.0723. The van der Waals surface area contributed by atoms with Crippen molar-refractivity contribution in [3.63, 3.8) is 0 Å². The number of nitrogens with one attached hydrogen (secondary N) is 2. The normalized spacial score (nSPS) is 16.7. The minimum Gasteiger partial charge on any atom is -0.365 e. The largest absolute Gasteiger partial charge is 0.365 e. The Hall–Kier alpha value is -2.41. The van der Waals surface area contributed by atoms with E-state index in [1.54, 1.807) is 6.07 Å². The smallest absolute Gasteiger partial charge is 0.261 e. The van der Waals surface area contributed by atoms with Crippen molar-refractivity contribution in [2.45, 2.75) is 32.2 Å². The summed E-state index contributed by atoms with van der Waals surface area (Å²) in [4.78, 5) is 40.0. The maximum Gasteiger partial charge on any atom is 0.261 e. The van der Waals surface area contributed by atoms with E-state index in [1.165, 1.54) is 17.4 Å². The first-order valence-corrected chi connectivity index (χ1v) is 8.20. The molecule has 0 radical (unpaired) electrons. The average molecular weight is 331 g/mol. The van der Waals surface area contributed by atoms with Crippen LogP contribution in [-0.4, -0.2) is 16.8 Å². The molecule has 2 heterocycles. The van der Waals surface area contributed by atoms with Crippen molar-refractivity contribution < 1.29 is 9.59 Å². The lowest BCUT2D eigenvalue weighted by Gasteiger charge is -2.26. The first kappa shape index (κ1) is 15.5. The molecular weight excluding hydrogens is 314 g/mol. The SMILES string of the molecule is Cc1ccc(C(=O)NC2CCCc3[nH]c(=O)c(C(N)=O)cc32)s1. The number of nitrogens with two attached hydrogens (primary N) is 1. The molecule has 1 unspecified atom stereocenters. The molecule has 120 valence electrons. The maximum absolute atomic E-state index is 12.4. The molecule has 1 aliphatic rings. The number of rotatable bonds is 3. The van der Waals surface area contributed by atoms with Gasteiger partial charge in [-0.3, -0.25) is 14.4 Å². The molecule has 2 amide bonds. The topological polar surface area (TPSA) is 105 Å². The number of H-pyrrole nitrogens is 1. The zero-order valence-electron chi connectivity index (χ0n) is 12.6. The van der Waals surface area contributed by atoms with Crippen LogP contribution in [-0.2, 0) is 6.42 Å². The third-order valence-electron chi connectivity index (χ3n) is 3.99. The van der Waals surface area contributed by atoms with Crippen LogP contribution in [0.4, 0.5) is 0 Å². The monoisotopic (exact) mass is 331 g/mol. The van der Waals surface area contributed by atoms with Crippen molar-refractivity contribution in [3.05, 3.63) is 55.1 Å². The van der Waals surface area contributed by atoms with Crippen LogP contribution < -0.4 is 16.6 Å². The Morgan fingerprint density at radius 3 is 2.83 bits per heavy atom. The van der Waals surface area contributed by atoms with Gasteiger partial charge in [-0.25, -0.2) is 0 Å². The summed E-state index contributed by atoms with van der Waals surface area (Å²) in [6.45, 7) is 1.95. The van der Waals surface area contributed by atoms with Crippen LogP contribution in [0.25, 0.3) is 0 Å². The van der Waals surface area contributed by atoms with Crippen molar-refractivity contribution in [2.24, 2.45) is 5.73 Å². The lowest BCUT2D eigenvalue weighted by Crippen LogP contribution is -2.33. The Kier molecular flexibility index (Phi) is 4.04. The summed E-state index contributed by atoms with van der Waals surface area (Å²) in [7, 11) is 0. The molecule has 0 spiro atoms. The van der Waals surface area contributed by atoms with Gasteiger partial charge in [0.25, 0.3) is 17.4 Å². The lowest BCUT2D eigenvalue weighted by molar-refractivity contribution is 0.0936. The second kappa shape index (κ2) is 6.00. The Morgan fingerprint density at radius 1 is 1.39 bits per heavy atom. The number of aromatic nitrogens is 1. The highest BCUT2D eigenvalue weighted by atomic mass is 32.1. The third kappa shape index (κ3) is 3.05. The van der Waals surface area contributed by atoms with Gasteiger partial charge in [-0.05, 0) is 49.9 Å². The van der Waals surface area contributed by atoms with E-state index in [0.29, 0.717) is 11.3 Å². The average Bonchev–Trinajstić information content (AvgIpc) is 2.93. The zero-order chi connectivity index (χ0) is 16.6. The molecule has 3 rings (SSSR count). The summed E-state index contributed by atoms with van der Waals surface area (Å²) in [5.74, 6) is -0.911. The van der Waals surface area contributed by atoms with Gasteiger partial charge in [0.1, 0.15) is 5.56 Å². The highest BCUT2D eigenvalue weighted by Gasteiger charge is 2.25. The molecule has 1 atom stereocenters. The molecule has 7 heteroatoms. The van der Waals surface area contributed by atoms with Crippen LogP contribution in [0.1, 0.15) is 55.0 Å². The number of carbonyl (C=O) groups excluding carboxylic acids is 2. The molecule has 6 nitrogen and oxygen atoms in total. The van der Waals surface area contributed by atoms with Crippen molar-refractivity contribution >= 4 is 23.2 Å². The molecule has 2 aromatic heterocycles. The predicted octanol–water partition coefficient (Wildman–Crippen LogP) is 1.65. The second-order valence-electron chi connectivity index (χ2n) is 5.64. The number of hydrogen-bond acceptors (Lipinski definition) is 4. The van der Waals surface area contributed by atoms with Crippen LogP contribution in [0.15, 0.2) is 23.0 Å². The quantitative estimate of drug-likeness (QED) is 0.796. The standard InChI is InChI=1S/C16H17N3O3S/c1-8-5-6-13(23-8)16(22)19-12-4-2-3-11-9(12)7-10(14(17)20)15(21)18-11/h5-7,12H,2-4H2,1H3,(H2,17,20)(H,18,21)(H,19,22). The molecule has 0 saturated carbocycles. The molecule has 1 aliphatic carbocycles. The van der Waals surface area contributed by atoms with Crippen molar-refractivity contribution in [1.82, 2.24) is 10.3 Å². The molecular formula is C16H17N3O3S. The molecule has 0 bridgehead atoms. The van der Waals surface area contributed by atoms with Crippen molar-refractivity contribution in [3.8, 4) is 0 Å².